The number of carbonyl (C=O) groups is 3. The number of aryl methyl sites for hydroxylation is 1. The number of carboxylic acid groups (broad SMARTS) is 1. The molecule has 0 unspecified atom stereocenters. The highest BCUT2D eigenvalue weighted by Gasteiger charge is 2.28. The molecule has 174 valence electrons. The van der Waals surface area contributed by atoms with Gasteiger partial charge in [0.25, 0.3) is 5.91 Å². The van der Waals surface area contributed by atoms with Gasteiger partial charge in [0.1, 0.15) is 12.2 Å². The minimum Gasteiger partial charge on any atom is -0.481 e. The van der Waals surface area contributed by atoms with E-state index in [4.69, 9.17) is 4.42 Å². The summed E-state index contributed by atoms with van der Waals surface area (Å²) in [7, 11) is 0. The van der Waals surface area contributed by atoms with E-state index in [1.165, 1.54) is 0 Å². The lowest BCUT2D eigenvalue weighted by molar-refractivity contribution is -0.142. The van der Waals surface area contributed by atoms with Crippen LogP contribution in [0.5, 0.6) is 0 Å². The normalized spacial score (nSPS) is 18.2. The van der Waals surface area contributed by atoms with Crippen LogP contribution in [0.15, 0.2) is 47.1 Å². The van der Waals surface area contributed by atoms with Crippen molar-refractivity contribution in [2.24, 2.45) is 5.92 Å². The Morgan fingerprint density at radius 3 is 2.58 bits per heavy atom. The first-order valence-corrected chi connectivity index (χ1v) is 11.3. The second-order valence-corrected chi connectivity index (χ2v) is 8.62. The first-order chi connectivity index (χ1) is 15.9. The third-order valence-corrected chi connectivity index (χ3v) is 6.39. The average Bonchev–Trinajstić information content (AvgIpc) is 3.37. The van der Waals surface area contributed by atoms with Crippen molar-refractivity contribution in [3.63, 3.8) is 0 Å². The molecule has 0 radical (unpaired) electrons. The molecule has 1 aromatic carbocycles. The van der Waals surface area contributed by atoms with Gasteiger partial charge in [0.15, 0.2) is 5.58 Å². The molecule has 4 rings (SSSR count). The van der Waals surface area contributed by atoms with E-state index in [1.807, 2.05) is 38.1 Å². The molecule has 2 amide bonds. The van der Waals surface area contributed by atoms with Crippen molar-refractivity contribution in [2.75, 3.05) is 11.4 Å². The number of hydrogen-bond donors (Lipinski definition) is 2. The summed E-state index contributed by atoms with van der Waals surface area (Å²) >= 11 is 0. The summed E-state index contributed by atoms with van der Waals surface area (Å²) in [5, 5.41) is 12.2. The number of nitrogens with zero attached hydrogens (tertiary/aromatic N) is 2. The number of carbonyl (C=O) groups excluding carboxylic acids is 2. The fourth-order valence-electron chi connectivity index (χ4n) is 4.60. The zero-order chi connectivity index (χ0) is 23.5. The number of aromatic nitrogens is 1. The van der Waals surface area contributed by atoms with Crippen LogP contribution in [0.1, 0.15) is 48.7 Å². The molecule has 0 atom stereocenters. The number of amides is 2. The summed E-state index contributed by atoms with van der Waals surface area (Å²) in [6.45, 7) is 4.41. The molecule has 8 nitrogen and oxygen atoms in total. The third kappa shape index (κ3) is 4.79. The van der Waals surface area contributed by atoms with Gasteiger partial charge in [-0.1, -0.05) is 12.1 Å². The van der Waals surface area contributed by atoms with Crippen molar-refractivity contribution < 1.29 is 23.9 Å². The van der Waals surface area contributed by atoms with Crippen molar-refractivity contribution in [3.8, 4) is 0 Å². The van der Waals surface area contributed by atoms with Gasteiger partial charge in [0.05, 0.1) is 17.7 Å². The minimum absolute atomic E-state index is 0.000671. The van der Waals surface area contributed by atoms with Gasteiger partial charge in [-0.15, -0.1) is 0 Å². The molecule has 2 N–H and O–H groups in total. The monoisotopic (exact) mass is 451 g/mol. The fraction of sp³-hybridized carbons (Fsp3) is 0.400. The number of aliphatic carboxylic acids is 1. The number of fused-ring (bicyclic) bond motifs is 1. The van der Waals surface area contributed by atoms with Crippen molar-refractivity contribution >= 4 is 34.6 Å². The molecule has 0 bridgehead atoms. The van der Waals surface area contributed by atoms with Crippen molar-refractivity contribution in [1.29, 1.82) is 0 Å². The molecule has 1 saturated carbocycles. The van der Waals surface area contributed by atoms with Crippen molar-refractivity contribution in [2.45, 2.75) is 52.1 Å². The summed E-state index contributed by atoms with van der Waals surface area (Å²) in [6, 6.07) is 11.1. The van der Waals surface area contributed by atoms with E-state index in [1.54, 1.807) is 27.9 Å². The Morgan fingerprint density at radius 1 is 1.15 bits per heavy atom. The Balaban J connectivity index is 1.53. The summed E-state index contributed by atoms with van der Waals surface area (Å²) in [6.07, 6.45) is 3.87. The van der Waals surface area contributed by atoms with Gasteiger partial charge < -0.3 is 24.3 Å². The number of furan rings is 1. The first kappa shape index (κ1) is 22.6. The van der Waals surface area contributed by atoms with Gasteiger partial charge in [0, 0.05) is 30.4 Å². The number of anilines is 1. The largest absolute Gasteiger partial charge is 0.481 e. The number of nitrogens with one attached hydrogen (secondary N) is 1. The molecule has 0 aliphatic heterocycles. The van der Waals surface area contributed by atoms with Gasteiger partial charge in [-0.2, -0.15) is 0 Å². The molecule has 2 heterocycles. The van der Waals surface area contributed by atoms with Crippen LogP contribution in [-0.2, 0) is 16.1 Å². The van der Waals surface area contributed by atoms with E-state index >= 15 is 0 Å². The van der Waals surface area contributed by atoms with Crippen LogP contribution in [0.25, 0.3) is 11.1 Å². The van der Waals surface area contributed by atoms with E-state index < -0.39 is 5.97 Å². The second kappa shape index (κ2) is 9.52. The maximum Gasteiger partial charge on any atom is 0.306 e. The first-order valence-electron chi connectivity index (χ1n) is 11.3. The molecule has 0 saturated heterocycles. The molecule has 1 aliphatic rings. The highest BCUT2D eigenvalue weighted by atomic mass is 16.4. The van der Waals surface area contributed by atoms with Gasteiger partial charge in [-0.3, -0.25) is 14.4 Å². The molecule has 8 heteroatoms. The van der Waals surface area contributed by atoms with Gasteiger partial charge in [-0.05, 0) is 57.2 Å². The highest BCUT2D eigenvalue weighted by molar-refractivity contribution is 6.00. The van der Waals surface area contributed by atoms with Crippen molar-refractivity contribution in [3.05, 3.63) is 53.9 Å². The van der Waals surface area contributed by atoms with Crippen LogP contribution < -0.4 is 10.2 Å². The molecule has 33 heavy (non-hydrogen) atoms. The van der Waals surface area contributed by atoms with Gasteiger partial charge >= 0.3 is 5.97 Å². The quantitative estimate of drug-likeness (QED) is 0.566. The summed E-state index contributed by atoms with van der Waals surface area (Å²) in [5.41, 5.74) is 3.47. The zero-order valence-corrected chi connectivity index (χ0v) is 18.9. The van der Waals surface area contributed by atoms with E-state index in [9.17, 15) is 19.5 Å². The van der Waals surface area contributed by atoms with Crippen LogP contribution in [0.3, 0.4) is 0 Å². The Kier molecular flexibility index (Phi) is 6.53. The number of likely N-dealkylation sites (N-methyl/N-ethyl adjacent to an activating group) is 1. The van der Waals surface area contributed by atoms with Gasteiger partial charge in [0.2, 0.25) is 5.91 Å². The molecule has 1 aliphatic carbocycles. The van der Waals surface area contributed by atoms with Gasteiger partial charge in [-0.25, -0.2) is 0 Å². The van der Waals surface area contributed by atoms with Crippen LogP contribution in [0.4, 0.5) is 5.69 Å². The Morgan fingerprint density at radius 2 is 1.91 bits per heavy atom. The standard InChI is InChI=1S/C25H29N3O5/c1-3-27(19-6-4-5-16(2)13-19)23(29)15-28-20-11-12-33-22(20)14-21(28)24(30)26-18-9-7-17(8-10-18)25(31)32/h4-6,11-14,17-18H,3,7-10,15H2,1-2H3,(H,26,30)(H,31,32). The average molecular weight is 452 g/mol. The molecule has 0 spiro atoms. The van der Waals surface area contributed by atoms with Crippen molar-refractivity contribution in [1.82, 2.24) is 9.88 Å². The topological polar surface area (TPSA) is 105 Å². The van der Waals surface area contributed by atoms with E-state index in [0.29, 0.717) is 49.0 Å². The minimum atomic E-state index is -0.776. The SMILES string of the molecule is CCN(C(=O)Cn1c(C(=O)NC2CCC(C(=O)O)CC2)cc2occc21)c1cccc(C)c1. The Labute approximate surface area is 192 Å². The predicted octanol–water partition coefficient (Wildman–Crippen LogP) is 3.97. The van der Waals surface area contributed by atoms with Crippen LogP contribution in [0, 0.1) is 12.8 Å². The second-order valence-electron chi connectivity index (χ2n) is 8.62. The smallest absolute Gasteiger partial charge is 0.306 e. The number of rotatable bonds is 7. The van der Waals surface area contributed by atoms with E-state index in [0.717, 1.165) is 11.3 Å². The van der Waals surface area contributed by atoms with E-state index in [2.05, 4.69) is 5.32 Å². The summed E-state index contributed by atoms with van der Waals surface area (Å²) in [4.78, 5) is 39.3. The summed E-state index contributed by atoms with van der Waals surface area (Å²) < 4.78 is 7.19. The lowest BCUT2D eigenvalue weighted by atomic mass is 9.86. The molecule has 3 aromatic rings. The van der Waals surface area contributed by atoms with E-state index in [-0.39, 0.29) is 30.3 Å². The zero-order valence-electron chi connectivity index (χ0n) is 18.9. The van der Waals surface area contributed by atoms with Crippen LogP contribution >= 0.6 is 0 Å². The fourth-order valence-corrected chi connectivity index (χ4v) is 4.60. The number of hydrogen-bond acceptors (Lipinski definition) is 4. The Bertz CT molecular complexity index is 1170. The lowest BCUT2D eigenvalue weighted by Crippen LogP contribution is -2.40. The summed E-state index contributed by atoms with van der Waals surface area (Å²) in [5.74, 6) is -1.53. The molecule has 2 aromatic heterocycles. The third-order valence-electron chi connectivity index (χ3n) is 6.39. The molecule has 1 fully saturated rings. The number of benzene rings is 1. The Hall–Kier alpha value is -3.55. The molecular formula is C25H29N3O5. The maximum absolute atomic E-state index is 13.3. The number of carboxylic acids is 1. The lowest BCUT2D eigenvalue weighted by Gasteiger charge is -2.27. The maximum atomic E-state index is 13.3. The van der Waals surface area contributed by atoms with Crippen LogP contribution in [-0.4, -0.2) is 40.0 Å². The predicted molar refractivity (Wildman–Crippen MR) is 124 cm³/mol. The van der Waals surface area contributed by atoms with Crippen LogP contribution in [0.2, 0.25) is 0 Å². The highest BCUT2D eigenvalue weighted by Crippen LogP contribution is 2.26. The molecular weight excluding hydrogens is 422 g/mol.